The van der Waals surface area contributed by atoms with Gasteiger partial charge in [-0.25, -0.2) is 0 Å². The van der Waals surface area contributed by atoms with Crippen LogP contribution in [-0.2, 0) is 4.74 Å². The summed E-state index contributed by atoms with van der Waals surface area (Å²) in [6.07, 6.45) is 21.2. The molecule has 0 aromatic rings. The van der Waals surface area contributed by atoms with Crippen LogP contribution < -0.4 is 0 Å². The molecule has 0 radical (unpaired) electrons. The van der Waals surface area contributed by atoms with Gasteiger partial charge in [-0.15, -0.1) is 0 Å². The standard InChI is InChI=1S/C21H44OSi/c1-4-5-6-7-8-9-10-11-12-13-14-15-16-17-18-23(2,3)20-21-19-22-21/h21H,4-20H2,1-3H3. The highest BCUT2D eigenvalue weighted by Crippen LogP contribution is 2.27. The van der Waals surface area contributed by atoms with Crippen LogP contribution in [0, 0.1) is 0 Å². The number of rotatable bonds is 17. The first-order valence-electron chi connectivity index (χ1n) is 10.8. The van der Waals surface area contributed by atoms with Crippen LogP contribution in [0.25, 0.3) is 0 Å². The minimum atomic E-state index is -0.932. The number of ether oxygens (including phenoxy) is 1. The van der Waals surface area contributed by atoms with E-state index in [9.17, 15) is 0 Å². The molecule has 1 aliphatic rings. The van der Waals surface area contributed by atoms with Gasteiger partial charge in [-0.05, 0) is 6.04 Å². The number of hydrogen-bond donors (Lipinski definition) is 0. The molecule has 1 heterocycles. The van der Waals surface area contributed by atoms with Crippen molar-refractivity contribution in [1.82, 2.24) is 0 Å². The molecule has 0 bridgehead atoms. The zero-order valence-corrected chi connectivity index (χ0v) is 17.5. The summed E-state index contributed by atoms with van der Waals surface area (Å²) in [4.78, 5) is 0. The monoisotopic (exact) mass is 340 g/mol. The minimum absolute atomic E-state index is 0.656. The fourth-order valence-corrected chi connectivity index (χ4v) is 6.58. The van der Waals surface area contributed by atoms with E-state index in [1.54, 1.807) is 0 Å². The van der Waals surface area contributed by atoms with Gasteiger partial charge in [-0.2, -0.15) is 0 Å². The van der Waals surface area contributed by atoms with Gasteiger partial charge in [0.15, 0.2) is 0 Å². The summed E-state index contributed by atoms with van der Waals surface area (Å²) in [5.41, 5.74) is 0. The van der Waals surface area contributed by atoms with Crippen LogP contribution >= 0.6 is 0 Å². The maximum Gasteiger partial charge on any atom is 0.0786 e. The lowest BCUT2D eigenvalue weighted by molar-refractivity contribution is 0.421. The largest absolute Gasteiger partial charge is 0.373 e. The quantitative estimate of drug-likeness (QED) is 0.151. The van der Waals surface area contributed by atoms with E-state index >= 15 is 0 Å². The predicted molar refractivity (Wildman–Crippen MR) is 107 cm³/mol. The second kappa shape index (κ2) is 13.5. The summed E-state index contributed by atoms with van der Waals surface area (Å²) in [7, 11) is -0.932. The Kier molecular flexibility index (Phi) is 12.4. The van der Waals surface area contributed by atoms with Crippen LogP contribution in [0.15, 0.2) is 0 Å². The van der Waals surface area contributed by atoms with Crippen LogP contribution in [0.2, 0.25) is 25.2 Å². The number of hydrogen-bond acceptors (Lipinski definition) is 1. The lowest BCUT2D eigenvalue weighted by Crippen LogP contribution is -2.26. The van der Waals surface area contributed by atoms with E-state index in [1.165, 1.54) is 102 Å². The van der Waals surface area contributed by atoms with Crippen molar-refractivity contribution in [3.8, 4) is 0 Å². The van der Waals surface area contributed by atoms with E-state index in [4.69, 9.17) is 4.74 Å². The third kappa shape index (κ3) is 14.2. The fourth-order valence-electron chi connectivity index (χ4n) is 3.70. The third-order valence-electron chi connectivity index (χ3n) is 5.39. The first-order chi connectivity index (χ1) is 11.1. The van der Waals surface area contributed by atoms with Crippen LogP contribution in [0.3, 0.4) is 0 Å². The van der Waals surface area contributed by atoms with Crippen molar-refractivity contribution < 1.29 is 4.74 Å². The summed E-state index contributed by atoms with van der Waals surface area (Å²) in [6, 6.07) is 2.93. The second-order valence-electron chi connectivity index (χ2n) is 8.67. The Morgan fingerprint density at radius 2 is 1.09 bits per heavy atom. The van der Waals surface area contributed by atoms with Gasteiger partial charge < -0.3 is 4.74 Å². The van der Waals surface area contributed by atoms with Crippen LogP contribution in [0.1, 0.15) is 96.8 Å². The first kappa shape index (κ1) is 21.2. The van der Waals surface area contributed by atoms with Crippen molar-refractivity contribution >= 4 is 8.07 Å². The first-order valence-corrected chi connectivity index (χ1v) is 14.2. The molecule has 0 amide bonds. The van der Waals surface area contributed by atoms with E-state index in [-0.39, 0.29) is 0 Å². The molecule has 1 atom stereocenters. The molecule has 0 aromatic heterocycles. The molecule has 0 spiro atoms. The highest BCUT2D eigenvalue weighted by atomic mass is 28.3. The Hall–Kier alpha value is 0.177. The topological polar surface area (TPSA) is 12.5 Å². The molecule has 1 rings (SSSR count). The molecule has 1 fully saturated rings. The van der Waals surface area contributed by atoms with Gasteiger partial charge in [-0.1, -0.05) is 116 Å². The van der Waals surface area contributed by atoms with Gasteiger partial charge in [0.1, 0.15) is 0 Å². The van der Waals surface area contributed by atoms with Crippen molar-refractivity contribution in [2.24, 2.45) is 0 Å². The van der Waals surface area contributed by atoms with E-state index in [1.807, 2.05) is 0 Å². The summed E-state index contributed by atoms with van der Waals surface area (Å²) in [5, 5.41) is 0. The van der Waals surface area contributed by atoms with E-state index in [0.29, 0.717) is 6.10 Å². The maximum absolute atomic E-state index is 5.40. The van der Waals surface area contributed by atoms with Crippen molar-refractivity contribution in [2.45, 2.75) is 128 Å². The fraction of sp³-hybridized carbons (Fsp3) is 1.00. The molecule has 23 heavy (non-hydrogen) atoms. The number of epoxide rings is 1. The van der Waals surface area contributed by atoms with Gasteiger partial charge in [0, 0.05) is 0 Å². The van der Waals surface area contributed by atoms with Crippen molar-refractivity contribution in [1.29, 1.82) is 0 Å². The Morgan fingerprint density at radius 1 is 0.696 bits per heavy atom. The molecule has 2 heteroatoms. The highest BCUT2D eigenvalue weighted by molar-refractivity contribution is 6.77. The third-order valence-corrected chi connectivity index (χ3v) is 8.66. The average Bonchev–Trinajstić information content (AvgIpc) is 3.30. The van der Waals surface area contributed by atoms with Crippen molar-refractivity contribution in [3.63, 3.8) is 0 Å². The lowest BCUT2D eigenvalue weighted by atomic mass is 10.0. The number of unbranched alkanes of at least 4 members (excludes halogenated alkanes) is 13. The van der Waals surface area contributed by atoms with Crippen LogP contribution in [-0.4, -0.2) is 20.8 Å². The molecular weight excluding hydrogens is 296 g/mol. The highest BCUT2D eigenvalue weighted by Gasteiger charge is 2.31. The maximum atomic E-state index is 5.40. The Morgan fingerprint density at radius 3 is 1.48 bits per heavy atom. The molecule has 0 aliphatic carbocycles. The van der Waals surface area contributed by atoms with Gasteiger partial charge in [0.25, 0.3) is 0 Å². The van der Waals surface area contributed by atoms with Gasteiger partial charge in [0.2, 0.25) is 0 Å². The molecule has 138 valence electrons. The van der Waals surface area contributed by atoms with Gasteiger partial charge in [0.05, 0.1) is 20.8 Å². The molecular formula is C21H44OSi. The van der Waals surface area contributed by atoms with Crippen molar-refractivity contribution in [2.75, 3.05) is 6.61 Å². The van der Waals surface area contributed by atoms with E-state index < -0.39 is 8.07 Å². The van der Waals surface area contributed by atoms with Crippen LogP contribution in [0.5, 0.6) is 0 Å². The Bertz CT molecular complexity index is 261. The zero-order chi connectivity index (χ0) is 16.8. The molecule has 1 nitrogen and oxygen atoms in total. The summed E-state index contributed by atoms with van der Waals surface area (Å²) in [5.74, 6) is 0. The van der Waals surface area contributed by atoms with E-state index in [0.717, 1.165) is 6.61 Å². The van der Waals surface area contributed by atoms with Gasteiger partial charge in [-0.3, -0.25) is 0 Å². The zero-order valence-electron chi connectivity index (χ0n) is 16.5. The smallest absolute Gasteiger partial charge is 0.0786 e. The summed E-state index contributed by atoms with van der Waals surface area (Å²) in [6.45, 7) is 8.45. The molecule has 1 saturated heterocycles. The molecule has 0 saturated carbocycles. The average molecular weight is 341 g/mol. The summed E-state index contributed by atoms with van der Waals surface area (Å²) < 4.78 is 5.40. The Labute approximate surface area is 148 Å². The minimum Gasteiger partial charge on any atom is -0.373 e. The van der Waals surface area contributed by atoms with E-state index in [2.05, 4.69) is 20.0 Å². The molecule has 1 aliphatic heterocycles. The lowest BCUT2D eigenvalue weighted by Gasteiger charge is -2.21. The SMILES string of the molecule is CCCCCCCCCCCCCCCC[Si](C)(C)CC1CO1. The normalized spacial score (nSPS) is 17.6. The van der Waals surface area contributed by atoms with Gasteiger partial charge >= 0.3 is 0 Å². The second-order valence-corrected chi connectivity index (χ2v) is 13.9. The molecule has 0 aromatic carbocycles. The molecule has 0 N–H and O–H groups in total. The van der Waals surface area contributed by atoms with Crippen molar-refractivity contribution in [3.05, 3.63) is 0 Å². The van der Waals surface area contributed by atoms with Crippen LogP contribution in [0.4, 0.5) is 0 Å². The Balaban J connectivity index is 1.72. The summed E-state index contributed by atoms with van der Waals surface area (Å²) >= 11 is 0. The predicted octanol–water partition coefficient (Wildman–Crippen LogP) is 7.57. The molecule has 1 unspecified atom stereocenters.